The molecule has 15 nitrogen and oxygen atoms in total. The predicted molar refractivity (Wildman–Crippen MR) is 191 cm³/mol. The second-order valence-corrected chi connectivity index (χ2v) is 14.0. The van der Waals surface area contributed by atoms with Crippen LogP contribution in [0.2, 0.25) is 0 Å². The Balaban J connectivity index is 1.76. The third-order valence-electron chi connectivity index (χ3n) is 9.45. The molecule has 0 amide bonds. The summed E-state index contributed by atoms with van der Waals surface area (Å²) in [5, 5.41) is 52.9. The van der Waals surface area contributed by atoms with Crippen molar-refractivity contribution in [1.29, 1.82) is 0 Å². The van der Waals surface area contributed by atoms with Crippen molar-refractivity contribution < 1.29 is 73.1 Å². The average Bonchev–Trinajstić information content (AvgIpc) is 3.11. The van der Waals surface area contributed by atoms with Crippen LogP contribution in [0.5, 0.6) is 0 Å². The second kappa shape index (κ2) is 26.6. The number of unbranched alkanes of at least 4 members (excludes halogenated alkanes) is 9. The smallest absolute Gasteiger partial charge is 0.305 e. The van der Waals surface area contributed by atoms with E-state index >= 15 is 0 Å². The van der Waals surface area contributed by atoms with E-state index in [9.17, 15) is 39.9 Å². The van der Waals surface area contributed by atoms with Crippen molar-refractivity contribution in [2.75, 3.05) is 33.0 Å². The standard InChI is InChI=1S/C38H66O15/c1-5-48-32(41)20-18-16-14-12-10-8-6-7-9-11-13-15-17-19-25(2)51-38-28(33(42)34(43)31(53-38)24-50-27(4)40)21-47-22-29-35(44)37(46)36(45)30(52-29)23-49-26(3)39/h6-7,25,28-31,33-38,42-46H,5,8-24H2,1-4H3/b7-6+. The van der Waals surface area contributed by atoms with Crippen LogP contribution in [-0.4, -0.2) is 138 Å². The summed E-state index contributed by atoms with van der Waals surface area (Å²) < 4.78 is 38.5. The number of allylic oxidation sites excluding steroid dienone is 2. The zero-order valence-corrected chi connectivity index (χ0v) is 32.1. The molecule has 15 heteroatoms. The fourth-order valence-electron chi connectivity index (χ4n) is 6.33. The molecule has 2 fully saturated rings. The number of hydrogen-bond donors (Lipinski definition) is 5. The average molecular weight is 763 g/mol. The van der Waals surface area contributed by atoms with Gasteiger partial charge in [-0.25, -0.2) is 0 Å². The molecule has 5 N–H and O–H groups in total. The third kappa shape index (κ3) is 18.3. The maximum atomic E-state index is 11.4. The maximum Gasteiger partial charge on any atom is 0.305 e. The zero-order chi connectivity index (χ0) is 39.2. The lowest BCUT2D eigenvalue weighted by molar-refractivity contribution is -0.304. The van der Waals surface area contributed by atoms with Crippen molar-refractivity contribution in [3.05, 3.63) is 12.2 Å². The number of carbonyl (C=O) groups excluding carboxylic acids is 3. The first kappa shape index (κ1) is 46.9. The van der Waals surface area contributed by atoms with Gasteiger partial charge < -0.3 is 58.7 Å². The summed E-state index contributed by atoms with van der Waals surface area (Å²) in [6.45, 7) is 5.49. The highest BCUT2D eigenvalue weighted by Crippen LogP contribution is 2.30. The molecule has 53 heavy (non-hydrogen) atoms. The number of esters is 3. The molecule has 0 aromatic rings. The second-order valence-electron chi connectivity index (χ2n) is 14.0. The summed E-state index contributed by atoms with van der Waals surface area (Å²) in [5.74, 6) is -2.15. The van der Waals surface area contributed by atoms with E-state index in [2.05, 4.69) is 12.2 Å². The van der Waals surface area contributed by atoms with Crippen LogP contribution in [-0.2, 0) is 47.5 Å². The van der Waals surface area contributed by atoms with Gasteiger partial charge >= 0.3 is 17.9 Å². The molecule has 2 heterocycles. The molecule has 0 saturated carbocycles. The van der Waals surface area contributed by atoms with Gasteiger partial charge in [0.05, 0.1) is 37.9 Å². The number of aliphatic hydroxyl groups excluding tert-OH is 5. The van der Waals surface area contributed by atoms with Crippen LogP contribution in [0.4, 0.5) is 0 Å². The highest BCUT2D eigenvalue weighted by atomic mass is 16.7. The van der Waals surface area contributed by atoms with Crippen molar-refractivity contribution in [1.82, 2.24) is 0 Å². The van der Waals surface area contributed by atoms with E-state index in [-0.39, 0.29) is 38.5 Å². The molecule has 0 spiro atoms. The van der Waals surface area contributed by atoms with Crippen molar-refractivity contribution in [3.8, 4) is 0 Å². The Labute approximate surface area is 314 Å². The quantitative estimate of drug-likeness (QED) is 0.0371. The Bertz CT molecular complexity index is 1060. The Hall–Kier alpha value is -2.21. The van der Waals surface area contributed by atoms with Gasteiger partial charge in [-0.15, -0.1) is 0 Å². The summed E-state index contributed by atoms with van der Waals surface area (Å²) in [6.07, 6.45) is 5.39. The molecule has 11 atom stereocenters. The third-order valence-corrected chi connectivity index (χ3v) is 9.45. The van der Waals surface area contributed by atoms with E-state index in [0.29, 0.717) is 13.0 Å². The van der Waals surface area contributed by atoms with Gasteiger partial charge in [0, 0.05) is 20.3 Å². The topological polar surface area (TPSA) is 217 Å². The number of aliphatic hydroxyl groups is 5. The maximum absolute atomic E-state index is 11.4. The summed E-state index contributed by atoms with van der Waals surface area (Å²) >= 11 is 0. The molecule has 2 rings (SSSR count). The molecule has 0 bridgehead atoms. The van der Waals surface area contributed by atoms with Crippen LogP contribution in [0.15, 0.2) is 12.2 Å². The van der Waals surface area contributed by atoms with E-state index in [4.69, 9.17) is 33.2 Å². The van der Waals surface area contributed by atoms with E-state index in [1.165, 1.54) is 13.8 Å². The molecule has 0 aromatic heterocycles. The van der Waals surface area contributed by atoms with Crippen molar-refractivity contribution in [2.24, 2.45) is 5.92 Å². The molecule has 0 aromatic carbocycles. The minimum absolute atomic E-state index is 0.106. The van der Waals surface area contributed by atoms with Crippen molar-refractivity contribution in [3.63, 3.8) is 0 Å². The summed E-state index contributed by atoms with van der Waals surface area (Å²) in [7, 11) is 0. The minimum atomic E-state index is -1.58. The predicted octanol–water partition coefficient (Wildman–Crippen LogP) is 2.64. The first-order valence-corrected chi connectivity index (χ1v) is 19.4. The molecule has 0 aliphatic carbocycles. The van der Waals surface area contributed by atoms with Gasteiger partial charge in [-0.2, -0.15) is 0 Å². The number of carbonyl (C=O) groups is 3. The highest BCUT2D eigenvalue weighted by molar-refractivity contribution is 5.69. The van der Waals surface area contributed by atoms with Crippen molar-refractivity contribution in [2.45, 2.75) is 172 Å². The Morgan fingerprint density at radius 1 is 0.623 bits per heavy atom. The van der Waals surface area contributed by atoms with Crippen LogP contribution >= 0.6 is 0 Å². The van der Waals surface area contributed by atoms with Crippen LogP contribution in [0, 0.1) is 5.92 Å². The molecular weight excluding hydrogens is 696 g/mol. The molecular formula is C38H66O15. The highest BCUT2D eigenvalue weighted by Gasteiger charge is 2.47. The normalized spacial score (nSPS) is 29.5. The lowest BCUT2D eigenvalue weighted by atomic mass is 9.91. The summed E-state index contributed by atoms with van der Waals surface area (Å²) in [4.78, 5) is 34.0. The van der Waals surface area contributed by atoms with Crippen molar-refractivity contribution >= 4 is 17.9 Å². The lowest BCUT2D eigenvalue weighted by Gasteiger charge is -2.43. The van der Waals surface area contributed by atoms with Gasteiger partial charge in [0.25, 0.3) is 0 Å². The van der Waals surface area contributed by atoms with Crippen LogP contribution < -0.4 is 0 Å². The molecule has 2 saturated heterocycles. The zero-order valence-electron chi connectivity index (χ0n) is 32.1. The first-order valence-electron chi connectivity index (χ1n) is 19.4. The minimum Gasteiger partial charge on any atom is -0.466 e. The number of rotatable bonds is 26. The van der Waals surface area contributed by atoms with Gasteiger partial charge in [-0.05, 0) is 52.4 Å². The van der Waals surface area contributed by atoms with Crippen LogP contribution in [0.25, 0.3) is 0 Å². The summed E-state index contributed by atoms with van der Waals surface area (Å²) in [5.41, 5.74) is 0. The SMILES string of the molecule is CCOC(=O)CCCCCCC/C=C/CCCCCCC(C)OC1OC(COC(C)=O)C(O)C(O)C1COCC1OC(COC(C)=O)C(O)C(O)C1O. The van der Waals surface area contributed by atoms with Gasteiger partial charge in [0.15, 0.2) is 6.29 Å². The molecule has 2 aliphatic rings. The molecule has 2 aliphatic heterocycles. The van der Waals surface area contributed by atoms with Crippen LogP contribution in [0.1, 0.15) is 111 Å². The molecule has 308 valence electrons. The molecule has 0 radical (unpaired) electrons. The molecule has 11 unspecified atom stereocenters. The summed E-state index contributed by atoms with van der Waals surface area (Å²) in [6, 6.07) is 0. The largest absolute Gasteiger partial charge is 0.466 e. The van der Waals surface area contributed by atoms with E-state index < -0.39 is 73.0 Å². The Morgan fingerprint density at radius 2 is 1.13 bits per heavy atom. The van der Waals surface area contributed by atoms with Gasteiger partial charge in [0.1, 0.15) is 55.9 Å². The van der Waals surface area contributed by atoms with Gasteiger partial charge in [-0.3, -0.25) is 14.4 Å². The first-order chi connectivity index (χ1) is 25.3. The van der Waals surface area contributed by atoms with Crippen LogP contribution in [0.3, 0.4) is 0 Å². The van der Waals surface area contributed by atoms with E-state index in [1.54, 1.807) is 0 Å². The van der Waals surface area contributed by atoms with E-state index in [0.717, 1.165) is 77.0 Å². The Kier molecular flexibility index (Phi) is 23.5. The monoisotopic (exact) mass is 762 g/mol. The Morgan fingerprint density at radius 3 is 1.72 bits per heavy atom. The fourth-order valence-corrected chi connectivity index (χ4v) is 6.33. The lowest BCUT2D eigenvalue weighted by Crippen LogP contribution is -2.60. The van der Waals surface area contributed by atoms with Gasteiger partial charge in [-0.1, -0.05) is 50.7 Å². The van der Waals surface area contributed by atoms with E-state index in [1.807, 2.05) is 13.8 Å². The number of ether oxygens (including phenoxy) is 7. The number of hydrogen-bond acceptors (Lipinski definition) is 15. The van der Waals surface area contributed by atoms with Gasteiger partial charge in [0.2, 0.25) is 0 Å². The fraction of sp³-hybridized carbons (Fsp3) is 0.868.